The maximum absolute atomic E-state index is 5.81. The largest absolute Gasteiger partial charge is 0.380 e. The van der Waals surface area contributed by atoms with Gasteiger partial charge in [-0.2, -0.15) is 0 Å². The van der Waals surface area contributed by atoms with E-state index in [0.717, 1.165) is 32.7 Å². The van der Waals surface area contributed by atoms with Crippen molar-refractivity contribution < 1.29 is 9.47 Å². The topological polar surface area (TPSA) is 30.5 Å². The third-order valence-electron chi connectivity index (χ3n) is 4.48. The van der Waals surface area contributed by atoms with Crippen molar-refractivity contribution in [2.24, 2.45) is 5.41 Å². The van der Waals surface area contributed by atoms with E-state index in [-0.39, 0.29) is 0 Å². The molecule has 0 aromatic rings. The molecule has 3 heteroatoms. The van der Waals surface area contributed by atoms with Gasteiger partial charge in [-0.1, -0.05) is 13.8 Å². The first-order valence-corrected chi connectivity index (χ1v) is 6.66. The van der Waals surface area contributed by atoms with Gasteiger partial charge in [0, 0.05) is 30.7 Å². The van der Waals surface area contributed by atoms with Gasteiger partial charge in [0.1, 0.15) is 0 Å². The predicted octanol–water partition coefficient (Wildman–Crippen LogP) is 1.96. The highest BCUT2D eigenvalue weighted by Gasteiger charge is 2.51. The zero-order valence-corrected chi connectivity index (χ0v) is 10.8. The van der Waals surface area contributed by atoms with E-state index in [1.807, 2.05) is 0 Å². The summed E-state index contributed by atoms with van der Waals surface area (Å²) in [5, 5.41) is 3.74. The van der Waals surface area contributed by atoms with Crippen molar-refractivity contribution >= 4 is 0 Å². The lowest BCUT2D eigenvalue weighted by Gasteiger charge is -2.54. The lowest BCUT2D eigenvalue weighted by Crippen LogP contribution is -2.64. The van der Waals surface area contributed by atoms with Crippen LogP contribution in [0.5, 0.6) is 0 Å². The fourth-order valence-electron chi connectivity index (χ4n) is 2.96. The van der Waals surface area contributed by atoms with Gasteiger partial charge >= 0.3 is 0 Å². The molecule has 0 aromatic heterocycles. The van der Waals surface area contributed by atoms with E-state index in [9.17, 15) is 0 Å². The van der Waals surface area contributed by atoms with Gasteiger partial charge in [-0.3, -0.25) is 0 Å². The van der Waals surface area contributed by atoms with Gasteiger partial charge in [0.05, 0.1) is 12.7 Å². The highest BCUT2D eigenvalue weighted by atomic mass is 16.5. The number of ether oxygens (including phenoxy) is 2. The van der Waals surface area contributed by atoms with Crippen LogP contribution >= 0.6 is 0 Å². The van der Waals surface area contributed by atoms with Crippen LogP contribution < -0.4 is 5.32 Å². The maximum atomic E-state index is 5.81. The predicted molar refractivity (Wildman–Crippen MR) is 64.6 cm³/mol. The summed E-state index contributed by atoms with van der Waals surface area (Å²) < 4.78 is 11.2. The standard InChI is InChI=1S/C13H25NO2/c1-4-13(3)11(8-12(13)16-5-2)14-10-6-7-15-9-10/h10-12,14H,4-9H2,1-3H3. The Morgan fingerprint density at radius 1 is 1.44 bits per heavy atom. The lowest BCUT2D eigenvalue weighted by atomic mass is 9.61. The monoisotopic (exact) mass is 227 g/mol. The summed E-state index contributed by atoms with van der Waals surface area (Å²) in [6.07, 6.45) is 3.95. The molecule has 0 radical (unpaired) electrons. The van der Waals surface area contributed by atoms with E-state index in [1.54, 1.807) is 0 Å². The van der Waals surface area contributed by atoms with Crippen LogP contribution in [-0.4, -0.2) is 38.0 Å². The molecule has 0 aromatic carbocycles. The Hall–Kier alpha value is -0.120. The SMILES string of the molecule is CCOC1CC(NC2CCOC2)C1(C)CC. The lowest BCUT2D eigenvalue weighted by molar-refractivity contribution is -0.128. The average molecular weight is 227 g/mol. The van der Waals surface area contributed by atoms with Crippen LogP contribution in [-0.2, 0) is 9.47 Å². The molecule has 1 N–H and O–H groups in total. The van der Waals surface area contributed by atoms with Crippen molar-refractivity contribution in [1.29, 1.82) is 0 Å². The second kappa shape index (κ2) is 5.03. The van der Waals surface area contributed by atoms with Gasteiger partial charge in [0.25, 0.3) is 0 Å². The molecule has 2 aliphatic rings. The molecule has 2 fully saturated rings. The highest BCUT2D eigenvalue weighted by molar-refractivity contribution is 5.05. The van der Waals surface area contributed by atoms with Gasteiger partial charge in [-0.05, 0) is 26.2 Å². The maximum Gasteiger partial charge on any atom is 0.0658 e. The Labute approximate surface area is 98.9 Å². The highest BCUT2D eigenvalue weighted by Crippen LogP contribution is 2.46. The fraction of sp³-hybridized carbons (Fsp3) is 1.00. The minimum absolute atomic E-state index is 0.318. The van der Waals surface area contributed by atoms with Crippen LogP contribution in [0.2, 0.25) is 0 Å². The van der Waals surface area contributed by atoms with Crippen LogP contribution in [0.3, 0.4) is 0 Å². The first-order valence-electron chi connectivity index (χ1n) is 6.66. The first kappa shape index (κ1) is 12.3. The van der Waals surface area contributed by atoms with Crippen molar-refractivity contribution in [1.82, 2.24) is 5.32 Å². The van der Waals surface area contributed by atoms with E-state index in [0.29, 0.717) is 23.6 Å². The van der Waals surface area contributed by atoms with Crippen molar-refractivity contribution in [3.05, 3.63) is 0 Å². The number of rotatable bonds is 5. The van der Waals surface area contributed by atoms with Crippen LogP contribution in [0.15, 0.2) is 0 Å². The molecule has 1 saturated carbocycles. The summed E-state index contributed by atoms with van der Waals surface area (Å²) in [7, 11) is 0. The molecule has 1 aliphatic heterocycles. The minimum atomic E-state index is 0.318. The molecule has 3 nitrogen and oxygen atoms in total. The Bertz CT molecular complexity index is 228. The molecular formula is C13H25NO2. The fourth-order valence-corrected chi connectivity index (χ4v) is 2.96. The Morgan fingerprint density at radius 3 is 2.81 bits per heavy atom. The second-order valence-corrected chi connectivity index (χ2v) is 5.32. The molecule has 0 bridgehead atoms. The van der Waals surface area contributed by atoms with Gasteiger partial charge in [0.2, 0.25) is 0 Å². The Kier molecular flexibility index (Phi) is 3.88. The normalized spacial score (nSPS) is 43.3. The smallest absolute Gasteiger partial charge is 0.0658 e. The van der Waals surface area contributed by atoms with Crippen LogP contribution in [0.4, 0.5) is 0 Å². The van der Waals surface area contributed by atoms with Crippen molar-refractivity contribution in [2.45, 2.75) is 58.2 Å². The molecule has 1 heterocycles. The zero-order valence-electron chi connectivity index (χ0n) is 10.8. The van der Waals surface area contributed by atoms with Gasteiger partial charge < -0.3 is 14.8 Å². The summed E-state index contributed by atoms with van der Waals surface area (Å²) in [6.45, 7) is 9.34. The first-order chi connectivity index (χ1) is 7.70. The van der Waals surface area contributed by atoms with Gasteiger partial charge in [0.15, 0.2) is 0 Å². The Balaban J connectivity index is 1.86. The second-order valence-electron chi connectivity index (χ2n) is 5.32. The van der Waals surface area contributed by atoms with E-state index in [2.05, 4.69) is 26.1 Å². The molecule has 4 unspecified atom stereocenters. The third kappa shape index (κ3) is 2.13. The quantitative estimate of drug-likeness (QED) is 0.779. The third-order valence-corrected chi connectivity index (χ3v) is 4.48. The van der Waals surface area contributed by atoms with Gasteiger partial charge in [-0.15, -0.1) is 0 Å². The van der Waals surface area contributed by atoms with Gasteiger partial charge in [-0.25, -0.2) is 0 Å². The van der Waals surface area contributed by atoms with E-state index < -0.39 is 0 Å². The molecule has 2 rings (SSSR count). The molecule has 1 aliphatic carbocycles. The number of nitrogens with one attached hydrogen (secondary N) is 1. The number of hydrogen-bond acceptors (Lipinski definition) is 3. The average Bonchev–Trinajstić information content (AvgIpc) is 2.79. The minimum Gasteiger partial charge on any atom is -0.380 e. The summed E-state index contributed by atoms with van der Waals surface area (Å²) in [5.74, 6) is 0. The van der Waals surface area contributed by atoms with Crippen molar-refractivity contribution in [3.63, 3.8) is 0 Å². The Morgan fingerprint density at radius 2 is 2.25 bits per heavy atom. The molecule has 0 spiro atoms. The van der Waals surface area contributed by atoms with Crippen LogP contribution in [0.25, 0.3) is 0 Å². The summed E-state index contributed by atoms with van der Waals surface area (Å²) >= 11 is 0. The summed E-state index contributed by atoms with van der Waals surface area (Å²) in [6, 6.07) is 1.18. The zero-order chi connectivity index (χ0) is 11.6. The molecule has 4 atom stereocenters. The summed E-state index contributed by atoms with van der Waals surface area (Å²) in [4.78, 5) is 0. The molecular weight excluding hydrogens is 202 g/mol. The van der Waals surface area contributed by atoms with Crippen molar-refractivity contribution in [2.75, 3.05) is 19.8 Å². The summed E-state index contributed by atoms with van der Waals surface area (Å²) in [5.41, 5.74) is 0.318. The molecule has 16 heavy (non-hydrogen) atoms. The molecule has 1 saturated heterocycles. The molecule has 94 valence electrons. The van der Waals surface area contributed by atoms with E-state index in [1.165, 1.54) is 6.42 Å². The van der Waals surface area contributed by atoms with Crippen LogP contribution in [0.1, 0.15) is 40.0 Å². The van der Waals surface area contributed by atoms with Crippen LogP contribution in [0, 0.1) is 5.41 Å². The van der Waals surface area contributed by atoms with E-state index >= 15 is 0 Å². The van der Waals surface area contributed by atoms with E-state index in [4.69, 9.17) is 9.47 Å². The molecule has 0 amide bonds. The van der Waals surface area contributed by atoms with Crippen molar-refractivity contribution in [3.8, 4) is 0 Å². The number of hydrogen-bond donors (Lipinski definition) is 1.